The van der Waals surface area contributed by atoms with E-state index in [0.29, 0.717) is 9.53 Å². The fraction of sp³-hybridized carbons (Fsp3) is 0.125. The van der Waals surface area contributed by atoms with Gasteiger partial charge in [-0.15, -0.1) is 13.2 Å². The lowest BCUT2D eigenvalue weighted by atomic mass is 10.3. The van der Waals surface area contributed by atoms with E-state index < -0.39 is 30.6 Å². The molecule has 6 nitrogen and oxygen atoms in total. The Labute approximate surface area is 159 Å². The first-order valence-corrected chi connectivity index (χ1v) is 8.05. The second-order valence-corrected chi connectivity index (χ2v) is 5.77. The van der Waals surface area contributed by atoms with Crippen LogP contribution in [0.4, 0.5) is 18.9 Å². The number of carbonyl (C=O) groups excluding carboxylic acids is 2. The van der Waals surface area contributed by atoms with Gasteiger partial charge in [0.15, 0.2) is 10.4 Å². The minimum atomic E-state index is -4.79. The summed E-state index contributed by atoms with van der Waals surface area (Å²) in [5.41, 5.74) is 0.223. The Morgan fingerprint density at radius 2 is 1.85 bits per heavy atom. The molecule has 0 fully saturated rings. The smallest absolute Gasteiger partial charge is 0.452 e. The maximum atomic E-state index is 12.0. The number of ether oxygens (including phenoxy) is 2. The molecule has 0 atom stereocenters. The van der Waals surface area contributed by atoms with E-state index >= 15 is 0 Å². The molecule has 0 saturated carbocycles. The Morgan fingerprint density at radius 3 is 2.42 bits per heavy atom. The van der Waals surface area contributed by atoms with Crippen LogP contribution in [-0.2, 0) is 14.3 Å². The van der Waals surface area contributed by atoms with Gasteiger partial charge in [-0.1, -0.05) is 0 Å². The van der Waals surface area contributed by atoms with Gasteiger partial charge < -0.3 is 19.2 Å². The minimum absolute atomic E-state index is 0.223. The van der Waals surface area contributed by atoms with Gasteiger partial charge in [0.25, 0.3) is 5.91 Å². The number of anilines is 1. The van der Waals surface area contributed by atoms with Gasteiger partial charge in [0, 0.05) is 11.8 Å². The molecular formula is C16H11F3INO5. The van der Waals surface area contributed by atoms with Crippen LogP contribution in [0.5, 0.6) is 5.75 Å². The lowest BCUT2D eigenvalue weighted by Gasteiger charge is -2.10. The third kappa shape index (κ3) is 7.17. The van der Waals surface area contributed by atoms with Crippen LogP contribution in [0.1, 0.15) is 5.76 Å². The number of amides is 1. The summed E-state index contributed by atoms with van der Waals surface area (Å²) in [7, 11) is 0. The second kappa shape index (κ2) is 8.74. The van der Waals surface area contributed by atoms with Crippen molar-refractivity contribution >= 4 is 46.2 Å². The Kier molecular flexibility index (Phi) is 6.66. The fourth-order valence-electron chi connectivity index (χ4n) is 1.69. The van der Waals surface area contributed by atoms with E-state index in [1.165, 1.54) is 18.2 Å². The molecule has 1 aromatic carbocycles. The molecule has 0 aliphatic heterocycles. The normalized spacial score (nSPS) is 11.4. The van der Waals surface area contributed by atoms with E-state index in [9.17, 15) is 22.8 Å². The number of alkyl halides is 3. The standard InChI is InChI=1S/C16H11F3INO5/c17-16(18,19)26-12-3-1-10(2-4-12)21-14(22)9-24-15(23)8-6-11-5-7-13(20)25-11/h1-8H,9H2,(H,21,22). The first kappa shape index (κ1) is 19.8. The van der Waals surface area contributed by atoms with Gasteiger partial charge in [0.1, 0.15) is 11.5 Å². The zero-order chi connectivity index (χ0) is 19.2. The fourth-order valence-corrected chi connectivity index (χ4v) is 2.12. The van der Waals surface area contributed by atoms with Crippen LogP contribution in [0.2, 0.25) is 0 Å². The number of furan rings is 1. The molecule has 1 N–H and O–H groups in total. The van der Waals surface area contributed by atoms with Gasteiger partial charge >= 0.3 is 12.3 Å². The van der Waals surface area contributed by atoms with Crippen molar-refractivity contribution in [2.24, 2.45) is 0 Å². The number of nitrogens with one attached hydrogen (secondary N) is 1. The van der Waals surface area contributed by atoms with Crippen LogP contribution in [0, 0.1) is 3.77 Å². The van der Waals surface area contributed by atoms with Crippen molar-refractivity contribution in [2.45, 2.75) is 6.36 Å². The Balaban J connectivity index is 1.77. The maximum Gasteiger partial charge on any atom is 0.573 e. The summed E-state index contributed by atoms with van der Waals surface area (Å²) >= 11 is 1.97. The average Bonchev–Trinajstić information content (AvgIpc) is 2.97. The third-order valence-electron chi connectivity index (χ3n) is 2.69. The van der Waals surface area contributed by atoms with Crippen molar-refractivity contribution in [2.75, 3.05) is 11.9 Å². The first-order chi connectivity index (χ1) is 12.2. The average molecular weight is 481 g/mol. The number of benzene rings is 1. The van der Waals surface area contributed by atoms with E-state index in [2.05, 4.69) is 10.1 Å². The van der Waals surface area contributed by atoms with Gasteiger partial charge in [0.05, 0.1) is 0 Å². The highest BCUT2D eigenvalue weighted by atomic mass is 127. The van der Waals surface area contributed by atoms with E-state index in [1.807, 2.05) is 22.6 Å². The summed E-state index contributed by atoms with van der Waals surface area (Å²) in [6.07, 6.45) is -2.30. The number of halogens is 4. The first-order valence-electron chi connectivity index (χ1n) is 6.97. The SMILES string of the molecule is O=C(COC(=O)C=Cc1ccc(I)o1)Nc1ccc(OC(F)(F)F)cc1. The van der Waals surface area contributed by atoms with Crippen molar-refractivity contribution < 1.29 is 36.7 Å². The Hall–Kier alpha value is -2.50. The molecule has 1 amide bonds. The van der Waals surface area contributed by atoms with E-state index in [-0.39, 0.29) is 5.69 Å². The van der Waals surface area contributed by atoms with Gasteiger partial charge in [-0.25, -0.2) is 4.79 Å². The van der Waals surface area contributed by atoms with Crippen molar-refractivity contribution in [3.63, 3.8) is 0 Å². The van der Waals surface area contributed by atoms with Gasteiger partial charge in [-0.05, 0) is 65.1 Å². The molecule has 10 heteroatoms. The summed E-state index contributed by atoms with van der Waals surface area (Å²) in [5.74, 6) is -1.36. The highest BCUT2D eigenvalue weighted by molar-refractivity contribution is 14.1. The van der Waals surface area contributed by atoms with Crippen molar-refractivity contribution in [1.82, 2.24) is 0 Å². The van der Waals surface area contributed by atoms with Crippen LogP contribution < -0.4 is 10.1 Å². The molecule has 0 unspecified atom stereocenters. The zero-order valence-electron chi connectivity index (χ0n) is 12.9. The van der Waals surface area contributed by atoms with Crippen LogP contribution in [0.25, 0.3) is 6.08 Å². The Bertz CT molecular complexity index is 799. The number of carbonyl (C=O) groups is 2. The molecule has 2 rings (SSSR count). The van der Waals surface area contributed by atoms with E-state index in [1.54, 1.807) is 12.1 Å². The molecule has 0 radical (unpaired) electrons. The predicted molar refractivity (Wildman–Crippen MR) is 93.2 cm³/mol. The topological polar surface area (TPSA) is 77.8 Å². The maximum absolute atomic E-state index is 12.0. The summed E-state index contributed by atoms with van der Waals surface area (Å²) in [6.45, 7) is -0.556. The van der Waals surface area contributed by atoms with Crippen LogP contribution in [-0.4, -0.2) is 24.8 Å². The molecule has 26 heavy (non-hydrogen) atoms. The molecule has 1 heterocycles. The highest BCUT2D eigenvalue weighted by Gasteiger charge is 2.30. The molecule has 1 aromatic heterocycles. The van der Waals surface area contributed by atoms with Crippen LogP contribution >= 0.6 is 22.6 Å². The monoisotopic (exact) mass is 481 g/mol. The summed E-state index contributed by atoms with van der Waals surface area (Å²) in [6, 6.07) is 7.90. The lowest BCUT2D eigenvalue weighted by molar-refractivity contribution is -0.274. The van der Waals surface area contributed by atoms with Gasteiger partial charge in [-0.3, -0.25) is 4.79 Å². The van der Waals surface area contributed by atoms with Crippen LogP contribution in [0.3, 0.4) is 0 Å². The van der Waals surface area contributed by atoms with E-state index in [0.717, 1.165) is 18.2 Å². The number of rotatable bonds is 6. The van der Waals surface area contributed by atoms with Crippen molar-refractivity contribution in [1.29, 1.82) is 0 Å². The van der Waals surface area contributed by atoms with Crippen LogP contribution in [0.15, 0.2) is 46.9 Å². The minimum Gasteiger partial charge on any atom is -0.452 e. The van der Waals surface area contributed by atoms with Crippen molar-refractivity contribution in [3.05, 3.63) is 52.0 Å². The number of hydrogen-bond acceptors (Lipinski definition) is 5. The quantitative estimate of drug-likeness (QED) is 0.384. The molecular weight excluding hydrogens is 470 g/mol. The molecule has 0 aliphatic rings. The molecule has 0 saturated heterocycles. The molecule has 2 aromatic rings. The molecule has 0 aliphatic carbocycles. The summed E-state index contributed by atoms with van der Waals surface area (Å²) < 4.78 is 50.5. The number of esters is 1. The Morgan fingerprint density at radius 1 is 1.15 bits per heavy atom. The van der Waals surface area contributed by atoms with E-state index in [4.69, 9.17) is 9.15 Å². The predicted octanol–water partition coefficient (Wildman–Crippen LogP) is 3.98. The third-order valence-corrected chi connectivity index (χ3v) is 3.27. The van der Waals surface area contributed by atoms with Crippen molar-refractivity contribution in [3.8, 4) is 5.75 Å². The molecule has 0 spiro atoms. The zero-order valence-corrected chi connectivity index (χ0v) is 15.0. The second-order valence-electron chi connectivity index (χ2n) is 4.70. The van der Waals surface area contributed by atoms with Gasteiger partial charge in [-0.2, -0.15) is 0 Å². The summed E-state index contributed by atoms with van der Waals surface area (Å²) in [5, 5.41) is 2.37. The van der Waals surface area contributed by atoms with Gasteiger partial charge in [0.2, 0.25) is 0 Å². The largest absolute Gasteiger partial charge is 0.573 e. The highest BCUT2D eigenvalue weighted by Crippen LogP contribution is 2.23. The molecule has 0 bridgehead atoms. The molecule has 138 valence electrons. The number of hydrogen-bond donors (Lipinski definition) is 1. The summed E-state index contributed by atoms with van der Waals surface area (Å²) in [4.78, 5) is 23.2. The lowest BCUT2D eigenvalue weighted by Crippen LogP contribution is -2.20.